The van der Waals surface area contributed by atoms with E-state index >= 15 is 0 Å². The van der Waals surface area contributed by atoms with Gasteiger partial charge < -0.3 is 15.5 Å². The van der Waals surface area contributed by atoms with Gasteiger partial charge in [-0.05, 0) is 12.1 Å². The zero-order valence-corrected chi connectivity index (χ0v) is 10.7. The molecule has 1 unspecified atom stereocenters. The normalized spacial score (nSPS) is 17.7. The van der Waals surface area contributed by atoms with Gasteiger partial charge in [0.05, 0.1) is 0 Å². The van der Waals surface area contributed by atoms with E-state index in [4.69, 9.17) is 5.73 Å². The summed E-state index contributed by atoms with van der Waals surface area (Å²) >= 11 is 0. The topological polar surface area (TPSA) is 62.5 Å². The zero-order chi connectivity index (χ0) is 13.0. The van der Waals surface area contributed by atoms with E-state index in [1.165, 1.54) is 0 Å². The van der Waals surface area contributed by atoms with Crippen molar-refractivity contribution in [1.82, 2.24) is 9.88 Å². The minimum Gasteiger partial charge on any atom is -0.353 e. The lowest BCUT2D eigenvalue weighted by atomic mass is 10.1. The first kappa shape index (κ1) is 12.8. The average Bonchev–Trinajstić information content (AvgIpc) is 2.47. The summed E-state index contributed by atoms with van der Waals surface area (Å²) in [5, 5.41) is 0. The quantitative estimate of drug-likeness (QED) is 0.837. The van der Waals surface area contributed by atoms with Gasteiger partial charge in [-0.25, -0.2) is 4.98 Å². The van der Waals surface area contributed by atoms with Gasteiger partial charge in [-0.1, -0.05) is 13.0 Å². The summed E-state index contributed by atoms with van der Waals surface area (Å²) in [6, 6.07) is 5.89. The zero-order valence-electron chi connectivity index (χ0n) is 10.7. The maximum absolute atomic E-state index is 12.0. The lowest BCUT2D eigenvalue weighted by Crippen LogP contribution is -2.51. The van der Waals surface area contributed by atoms with Crippen LogP contribution in [-0.2, 0) is 4.79 Å². The second-order valence-corrected chi connectivity index (χ2v) is 4.64. The predicted molar refractivity (Wildman–Crippen MR) is 71.2 cm³/mol. The Labute approximate surface area is 108 Å². The second kappa shape index (κ2) is 5.82. The first-order valence-electron chi connectivity index (χ1n) is 6.37. The van der Waals surface area contributed by atoms with Gasteiger partial charge in [-0.15, -0.1) is 0 Å². The fourth-order valence-electron chi connectivity index (χ4n) is 2.11. The lowest BCUT2D eigenvalue weighted by molar-refractivity contribution is -0.134. The number of nitrogens with zero attached hydrogens (tertiary/aromatic N) is 3. The van der Waals surface area contributed by atoms with Crippen LogP contribution in [0, 0.1) is 5.92 Å². The van der Waals surface area contributed by atoms with Crippen LogP contribution in [0.2, 0.25) is 0 Å². The molecule has 0 aliphatic carbocycles. The Balaban J connectivity index is 1.90. The van der Waals surface area contributed by atoms with E-state index in [0.29, 0.717) is 6.54 Å². The van der Waals surface area contributed by atoms with E-state index in [2.05, 4.69) is 9.88 Å². The molecule has 1 aliphatic heterocycles. The highest BCUT2D eigenvalue weighted by atomic mass is 16.2. The van der Waals surface area contributed by atoms with Crippen LogP contribution in [0.4, 0.5) is 5.82 Å². The molecule has 5 nitrogen and oxygen atoms in total. The predicted octanol–water partition coefficient (Wildman–Crippen LogP) is 0.325. The number of rotatable bonds is 3. The molecule has 1 amide bonds. The van der Waals surface area contributed by atoms with Gasteiger partial charge in [0.2, 0.25) is 5.91 Å². The highest BCUT2D eigenvalue weighted by Gasteiger charge is 2.24. The highest BCUT2D eigenvalue weighted by Crippen LogP contribution is 2.13. The van der Waals surface area contributed by atoms with E-state index in [-0.39, 0.29) is 11.8 Å². The molecule has 0 spiro atoms. The lowest BCUT2D eigenvalue weighted by Gasteiger charge is -2.36. The Morgan fingerprint density at radius 2 is 2.11 bits per heavy atom. The number of aromatic nitrogens is 1. The third kappa shape index (κ3) is 2.79. The van der Waals surface area contributed by atoms with Crippen LogP contribution in [-0.4, -0.2) is 48.5 Å². The molecule has 1 fully saturated rings. The molecule has 1 atom stereocenters. The molecule has 0 bridgehead atoms. The van der Waals surface area contributed by atoms with Crippen LogP contribution >= 0.6 is 0 Å². The maximum atomic E-state index is 12.0. The van der Waals surface area contributed by atoms with Gasteiger partial charge in [0.15, 0.2) is 0 Å². The largest absolute Gasteiger partial charge is 0.353 e. The van der Waals surface area contributed by atoms with Crippen molar-refractivity contribution in [2.45, 2.75) is 6.92 Å². The SMILES string of the molecule is CC(CN)C(=O)N1CCN(c2ccccn2)CC1. The van der Waals surface area contributed by atoms with Crippen LogP contribution in [0.5, 0.6) is 0 Å². The number of pyridine rings is 1. The molecule has 1 aromatic heterocycles. The monoisotopic (exact) mass is 248 g/mol. The summed E-state index contributed by atoms with van der Waals surface area (Å²) < 4.78 is 0. The van der Waals surface area contributed by atoms with E-state index in [0.717, 1.165) is 32.0 Å². The van der Waals surface area contributed by atoms with Crippen LogP contribution in [0.1, 0.15) is 6.92 Å². The van der Waals surface area contributed by atoms with Crippen LogP contribution in [0.3, 0.4) is 0 Å². The number of amides is 1. The summed E-state index contributed by atoms with van der Waals surface area (Å²) in [6.07, 6.45) is 1.79. The minimum absolute atomic E-state index is 0.0774. The van der Waals surface area contributed by atoms with Gasteiger partial charge in [0.1, 0.15) is 5.82 Å². The van der Waals surface area contributed by atoms with Gasteiger partial charge in [-0.2, -0.15) is 0 Å². The summed E-state index contributed by atoms with van der Waals surface area (Å²) in [6.45, 7) is 5.46. The molecule has 5 heteroatoms. The Bertz CT molecular complexity index is 387. The first-order chi connectivity index (χ1) is 8.72. The standard InChI is InChI=1S/C13H20N4O/c1-11(10-14)13(18)17-8-6-16(7-9-17)12-4-2-3-5-15-12/h2-5,11H,6-10,14H2,1H3. The molecular formula is C13H20N4O. The van der Waals surface area contributed by atoms with Gasteiger partial charge in [0.25, 0.3) is 0 Å². The van der Waals surface area contributed by atoms with Gasteiger partial charge >= 0.3 is 0 Å². The molecule has 98 valence electrons. The molecular weight excluding hydrogens is 228 g/mol. The molecule has 1 saturated heterocycles. The Morgan fingerprint density at radius 1 is 1.39 bits per heavy atom. The van der Waals surface area contributed by atoms with Crippen molar-refractivity contribution < 1.29 is 4.79 Å². The third-order valence-corrected chi connectivity index (χ3v) is 3.34. The van der Waals surface area contributed by atoms with E-state index in [9.17, 15) is 4.79 Å². The van der Waals surface area contributed by atoms with Crippen LogP contribution in [0.25, 0.3) is 0 Å². The summed E-state index contributed by atoms with van der Waals surface area (Å²) in [5.74, 6) is 1.07. The summed E-state index contributed by atoms with van der Waals surface area (Å²) in [7, 11) is 0. The van der Waals surface area contributed by atoms with E-state index in [1.54, 1.807) is 6.20 Å². The van der Waals surface area contributed by atoms with Crippen molar-refractivity contribution in [3.05, 3.63) is 24.4 Å². The first-order valence-corrected chi connectivity index (χ1v) is 6.37. The van der Waals surface area contributed by atoms with Crippen molar-refractivity contribution in [2.75, 3.05) is 37.6 Å². The molecule has 2 rings (SSSR count). The van der Waals surface area contributed by atoms with Crippen molar-refractivity contribution in [3.8, 4) is 0 Å². The fourth-order valence-corrected chi connectivity index (χ4v) is 2.11. The molecule has 0 radical (unpaired) electrons. The van der Waals surface area contributed by atoms with Crippen molar-refractivity contribution in [1.29, 1.82) is 0 Å². The number of carbonyl (C=O) groups is 1. The number of hydrogen-bond donors (Lipinski definition) is 1. The number of piperazine rings is 1. The van der Waals surface area contributed by atoms with Gasteiger partial charge in [-0.3, -0.25) is 4.79 Å². The number of carbonyl (C=O) groups excluding carboxylic acids is 1. The van der Waals surface area contributed by atoms with Crippen molar-refractivity contribution >= 4 is 11.7 Å². The minimum atomic E-state index is -0.0774. The summed E-state index contributed by atoms with van der Waals surface area (Å²) in [4.78, 5) is 20.4. The second-order valence-electron chi connectivity index (χ2n) is 4.64. The van der Waals surface area contributed by atoms with Crippen molar-refractivity contribution in [2.24, 2.45) is 11.7 Å². The number of anilines is 1. The van der Waals surface area contributed by atoms with E-state index < -0.39 is 0 Å². The average molecular weight is 248 g/mol. The van der Waals surface area contributed by atoms with Crippen molar-refractivity contribution in [3.63, 3.8) is 0 Å². The van der Waals surface area contributed by atoms with Crippen LogP contribution in [0.15, 0.2) is 24.4 Å². The Morgan fingerprint density at radius 3 is 2.67 bits per heavy atom. The smallest absolute Gasteiger partial charge is 0.226 e. The highest BCUT2D eigenvalue weighted by molar-refractivity contribution is 5.79. The molecule has 1 aliphatic rings. The molecule has 0 aromatic carbocycles. The molecule has 1 aromatic rings. The molecule has 2 N–H and O–H groups in total. The van der Waals surface area contributed by atoms with E-state index in [1.807, 2.05) is 30.0 Å². The summed E-state index contributed by atoms with van der Waals surface area (Å²) in [5.41, 5.74) is 5.53. The molecule has 18 heavy (non-hydrogen) atoms. The molecule has 2 heterocycles. The maximum Gasteiger partial charge on any atom is 0.226 e. The van der Waals surface area contributed by atoms with Gasteiger partial charge in [0, 0.05) is 44.8 Å². The Kier molecular flexibility index (Phi) is 4.15. The number of nitrogens with two attached hydrogens (primary N) is 1. The molecule has 0 saturated carbocycles. The number of hydrogen-bond acceptors (Lipinski definition) is 4. The fraction of sp³-hybridized carbons (Fsp3) is 0.538. The van der Waals surface area contributed by atoms with Crippen LogP contribution < -0.4 is 10.6 Å². The third-order valence-electron chi connectivity index (χ3n) is 3.34. The Hall–Kier alpha value is -1.62.